The summed E-state index contributed by atoms with van der Waals surface area (Å²) < 4.78 is 7.05. The molecule has 29 heavy (non-hydrogen) atoms. The molecule has 0 radical (unpaired) electrons. The van der Waals surface area contributed by atoms with E-state index in [2.05, 4.69) is 30.9 Å². The minimum Gasteiger partial charge on any atom is -0.337 e. The molecular weight excluding hydrogens is 370 g/mol. The zero-order chi connectivity index (χ0) is 20.1. The van der Waals surface area contributed by atoms with E-state index in [1.54, 1.807) is 17.1 Å². The first-order valence-corrected chi connectivity index (χ1v) is 10.0. The standard InChI is InChI=1S/C20H25N7O2/c1-14(19-25-18(26-29-19)16-6-3-2-4-7-16)24-20(28)22-13-15-8-10-21-17(12-15)27-11-5-9-23-27/h5,8-12,14,16H,2-4,6-7,13H2,1H3,(H2,22,24,28). The van der Waals surface area contributed by atoms with E-state index in [1.807, 2.05) is 31.3 Å². The fourth-order valence-corrected chi connectivity index (χ4v) is 3.54. The van der Waals surface area contributed by atoms with Crippen LogP contribution in [0.1, 0.15) is 68.3 Å². The van der Waals surface area contributed by atoms with Gasteiger partial charge < -0.3 is 15.2 Å². The van der Waals surface area contributed by atoms with Gasteiger partial charge in [0, 0.05) is 31.1 Å². The van der Waals surface area contributed by atoms with Crippen molar-refractivity contribution in [2.45, 2.75) is 57.5 Å². The number of hydrogen-bond donors (Lipinski definition) is 2. The predicted octanol–water partition coefficient (Wildman–Crippen LogP) is 3.26. The molecule has 1 saturated carbocycles. The average Bonchev–Trinajstić information content (AvgIpc) is 3.45. The monoisotopic (exact) mass is 395 g/mol. The van der Waals surface area contributed by atoms with Gasteiger partial charge in [0.05, 0.1) is 0 Å². The second-order valence-electron chi connectivity index (χ2n) is 7.35. The van der Waals surface area contributed by atoms with Crippen LogP contribution >= 0.6 is 0 Å². The van der Waals surface area contributed by atoms with E-state index >= 15 is 0 Å². The fraction of sp³-hybridized carbons (Fsp3) is 0.450. The summed E-state index contributed by atoms with van der Waals surface area (Å²) in [6.07, 6.45) is 11.1. The molecule has 0 aromatic carbocycles. The maximum Gasteiger partial charge on any atom is 0.315 e. The summed E-state index contributed by atoms with van der Waals surface area (Å²) in [4.78, 5) is 21.1. The topological polar surface area (TPSA) is 111 Å². The molecule has 9 nitrogen and oxygen atoms in total. The Balaban J connectivity index is 1.29. The Labute approximate surface area is 168 Å². The van der Waals surface area contributed by atoms with Crippen molar-refractivity contribution in [1.29, 1.82) is 0 Å². The summed E-state index contributed by atoms with van der Waals surface area (Å²) in [5, 5.41) is 14.0. The van der Waals surface area contributed by atoms with Crippen LogP contribution in [0.3, 0.4) is 0 Å². The Bertz CT molecular complexity index is 932. The van der Waals surface area contributed by atoms with Crippen LogP contribution in [-0.2, 0) is 6.54 Å². The second kappa shape index (κ2) is 8.85. The van der Waals surface area contributed by atoms with Gasteiger partial charge in [-0.15, -0.1) is 0 Å². The lowest BCUT2D eigenvalue weighted by Gasteiger charge is -2.17. The van der Waals surface area contributed by atoms with Crippen molar-refractivity contribution in [1.82, 2.24) is 35.5 Å². The zero-order valence-electron chi connectivity index (χ0n) is 16.4. The van der Waals surface area contributed by atoms with Crippen LogP contribution in [-0.4, -0.2) is 30.9 Å². The molecule has 1 atom stereocenters. The van der Waals surface area contributed by atoms with Crippen LogP contribution in [0.2, 0.25) is 0 Å². The number of hydrogen-bond acceptors (Lipinski definition) is 6. The number of nitrogens with one attached hydrogen (secondary N) is 2. The summed E-state index contributed by atoms with van der Waals surface area (Å²) in [5.74, 6) is 2.27. The van der Waals surface area contributed by atoms with E-state index in [-0.39, 0.29) is 12.1 Å². The maximum atomic E-state index is 12.3. The summed E-state index contributed by atoms with van der Waals surface area (Å²) in [5.41, 5.74) is 0.922. The van der Waals surface area contributed by atoms with E-state index < -0.39 is 0 Å². The molecular formula is C20H25N7O2. The first-order chi connectivity index (χ1) is 14.2. The van der Waals surface area contributed by atoms with Gasteiger partial charge in [0.2, 0.25) is 5.89 Å². The SMILES string of the molecule is CC(NC(=O)NCc1ccnc(-n2cccn2)c1)c1nc(C2CCCCC2)no1. The Morgan fingerprint density at radius 3 is 2.97 bits per heavy atom. The minimum atomic E-state index is -0.364. The molecule has 2 N–H and O–H groups in total. The van der Waals surface area contributed by atoms with Crippen molar-refractivity contribution < 1.29 is 9.32 Å². The molecule has 4 rings (SSSR count). The number of urea groups is 1. The van der Waals surface area contributed by atoms with Crippen molar-refractivity contribution in [3.63, 3.8) is 0 Å². The third kappa shape index (κ3) is 4.79. The molecule has 0 bridgehead atoms. The number of pyridine rings is 1. The highest BCUT2D eigenvalue weighted by Gasteiger charge is 2.23. The lowest BCUT2D eigenvalue weighted by atomic mass is 9.89. The van der Waals surface area contributed by atoms with Crippen molar-refractivity contribution >= 4 is 6.03 Å². The number of aromatic nitrogens is 5. The average molecular weight is 395 g/mol. The number of nitrogens with zero attached hydrogens (tertiary/aromatic N) is 5. The normalized spacial score (nSPS) is 15.8. The summed E-state index contributed by atoms with van der Waals surface area (Å²) in [6, 6.07) is 4.90. The van der Waals surface area contributed by atoms with E-state index in [1.165, 1.54) is 19.3 Å². The predicted molar refractivity (Wildman–Crippen MR) is 105 cm³/mol. The molecule has 0 aliphatic heterocycles. The third-order valence-corrected chi connectivity index (χ3v) is 5.15. The van der Waals surface area contributed by atoms with E-state index in [0.717, 1.165) is 24.2 Å². The lowest BCUT2D eigenvalue weighted by Crippen LogP contribution is -2.36. The molecule has 2 amide bonds. The van der Waals surface area contributed by atoms with Gasteiger partial charge in [0.1, 0.15) is 6.04 Å². The minimum absolute atomic E-state index is 0.299. The first-order valence-electron chi connectivity index (χ1n) is 10.0. The molecule has 3 aromatic heterocycles. The summed E-state index contributed by atoms with van der Waals surface area (Å²) in [6.45, 7) is 2.20. The third-order valence-electron chi connectivity index (χ3n) is 5.15. The van der Waals surface area contributed by atoms with Crippen LogP contribution in [0, 0.1) is 0 Å². The highest BCUT2D eigenvalue weighted by molar-refractivity contribution is 5.74. The molecule has 3 heterocycles. The first kappa shape index (κ1) is 19.1. The molecule has 0 saturated heterocycles. The Kier molecular flexibility index (Phi) is 5.83. The van der Waals surface area contributed by atoms with Gasteiger partial charge in [-0.25, -0.2) is 14.5 Å². The van der Waals surface area contributed by atoms with Gasteiger partial charge in [-0.3, -0.25) is 0 Å². The lowest BCUT2D eigenvalue weighted by molar-refractivity contribution is 0.233. The van der Waals surface area contributed by atoms with Gasteiger partial charge in [-0.2, -0.15) is 10.1 Å². The van der Waals surface area contributed by atoms with Gasteiger partial charge in [0.15, 0.2) is 11.6 Å². The van der Waals surface area contributed by atoms with Gasteiger partial charge in [-0.05, 0) is 43.5 Å². The number of carbonyl (C=O) groups excluding carboxylic acids is 1. The van der Waals surface area contributed by atoms with E-state index in [9.17, 15) is 4.79 Å². The molecule has 1 aliphatic rings. The number of rotatable bonds is 6. The van der Waals surface area contributed by atoms with Gasteiger partial charge >= 0.3 is 6.03 Å². The summed E-state index contributed by atoms with van der Waals surface area (Å²) >= 11 is 0. The molecule has 1 fully saturated rings. The zero-order valence-corrected chi connectivity index (χ0v) is 16.4. The number of amides is 2. The van der Waals surface area contributed by atoms with Crippen LogP contribution < -0.4 is 10.6 Å². The van der Waals surface area contributed by atoms with Crippen molar-refractivity contribution in [3.05, 3.63) is 54.1 Å². The van der Waals surface area contributed by atoms with Gasteiger partial charge in [-0.1, -0.05) is 24.4 Å². The van der Waals surface area contributed by atoms with Gasteiger partial charge in [0.25, 0.3) is 0 Å². The fourth-order valence-electron chi connectivity index (χ4n) is 3.54. The largest absolute Gasteiger partial charge is 0.337 e. The van der Waals surface area contributed by atoms with Crippen LogP contribution in [0.4, 0.5) is 4.79 Å². The smallest absolute Gasteiger partial charge is 0.315 e. The highest BCUT2D eigenvalue weighted by Crippen LogP contribution is 2.31. The van der Waals surface area contributed by atoms with E-state index in [0.29, 0.717) is 24.2 Å². The number of carbonyl (C=O) groups is 1. The highest BCUT2D eigenvalue weighted by atomic mass is 16.5. The second-order valence-corrected chi connectivity index (χ2v) is 7.35. The van der Waals surface area contributed by atoms with Crippen LogP contribution in [0.5, 0.6) is 0 Å². The van der Waals surface area contributed by atoms with Crippen molar-refractivity contribution in [2.75, 3.05) is 0 Å². The maximum absolute atomic E-state index is 12.3. The quantitative estimate of drug-likeness (QED) is 0.663. The molecule has 9 heteroatoms. The van der Waals surface area contributed by atoms with Crippen molar-refractivity contribution in [3.8, 4) is 5.82 Å². The molecule has 1 unspecified atom stereocenters. The van der Waals surface area contributed by atoms with Crippen LogP contribution in [0.15, 0.2) is 41.3 Å². The molecule has 3 aromatic rings. The Morgan fingerprint density at radius 2 is 2.17 bits per heavy atom. The Morgan fingerprint density at radius 1 is 1.31 bits per heavy atom. The molecule has 1 aliphatic carbocycles. The molecule has 0 spiro atoms. The van der Waals surface area contributed by atoms with Crippen molar-refractivity contribution in [2.24, 2.45) is 0 Å². The Hall–Kier alpha value is -3.23. The summed E-state index contributed by atoms with van der Waals surface area (Å²) in [7, 11) is 0. The van der Waals surface area contributed by atoms with Crippen LogP contribution in [0.25, 0.3) is 5.82 Å². The van der Waals surface area contributed by atoms with E-state index in [4.69, 9.17) is 4.52 Å². The molecule has 152 valence electrons.